The molecule has 1 unspecified atom stereocenters. The maximum Gasteiger partial charge on any atom is 0.193 e. The van der Waals surface area contributed by atoms with Crippen LogP contribution in [0.25, 0.3) is 0 Å². The molecule has 2 rings (SSSR count). The number of benzene rings is 2. The molecule has 2 aromatic rings. The lowest BCUT2D eigenvalue weighted by Gasteiger charge is -2.14. The Kier molecular flexibility index (Phi) is 6.32. The highest BCUT2D eigenvalue weighted by Gasteiger charge is 2.10. The lowest BCUT2D eigenvalue weighted by atomic mass is 10.0. The molecule has 0 heterocycles. The molecule has 0 spiro atoms. The van der Waals surface area contributed by atoms with Crippen molar-refractivity contribution in [1.29, 1.82) is 0 Å². The third-order valence-electron chi connectivity index (χ3n) is 3.22. The molecule has 0 saturated carbocycles. The molecular formula is C19H22O4. The fourth-order valence-corrected chi connectivity index (χ4v) is 2.00. The van der Waals surface area contributed by atoms with Crippen LogP contribution in [-0.4, -0.2) is 36.3 Å². The summed E-state index contributed by atoms with van der Waals surface area (Å²) in [5, 5.41) is 9.75. The Hall–Kier alpha value is -2.17. The second-order valence-electron chi connectivity index (χ2n) is 5.57. The maximum atomic E-state index is 12.3. The van der Waals surface area contributed by atoms with Gasteiger partial charge in [-0.25, -0.2) is 0 Å². The summed E-state index contributed by atoms with van der Waals surface area (Å²) in [6.07, 6.45) is -0.601. The van der Waals surface area contributed by atoms with Gasteiger partial charge in [-0.1, -0.05) is 30.3 Å². The van der Waals surface area contributed by atoms with Gasteiger partial charge in [-0.3, -0.25) is 4.79 Å². The minimum atomic E-state index is -0.678. The van der Waals surface area contributed by atoms with E-state index in [2.05, 4.69) is 0 Å². The Morgan fingerprint density at radius 1 is 0.957 bits per heavy atom. The standard InChI is InChI=1S/C19H22O4/c1-14(2)22-12-17(20)13-23-18-10-8-16(9-11-18)19(21)15-6-4-3-5-7-15/h3-11,14,17,20H,12-13H2,1-2H3. The van der Waals surface area contributed by atoms with E-state index in [1.54, 1.807) is 36.4 Å². The van der Waals surface area contributed by atoms with E-state index in [0.29, 0.717) is 16.9 Å². The lowest BCUT2D eigenvalue weighted by molar-refractivity contribution is -0.0122. The van der Waals surface area contributed by atoms with E-state index in [0.717, 1.165) is 0 Å². The monoisotopic (exact) mass is 314 g/mol. The molecule has 4 heteroatoms. The number of ketones is 1. The first kappa shape index (κ1) is 17.2. The van der Waals surface area contributed by atoms with Gasteiger partial charge in [-0.05, 0) is 38.1 Å². The number of ether oxygens (including phenoxy) is 2. The summed E-state index contributed by atoms with van der Waals surface area (Å²) in [4.78, 5) is 12.3. The largest absolute Gasteiger partial charge is 0.491 e. The minimum absolute atomic E-state index is 0.0254. The van der Waals surface area contributed by atoms with Gasteiger partial charge >= 0.3 is 0 Å². The van der Waals surface area contributed by atoms with Crippen LogP contribution in [0.5, 0.6) is 5.75 Å². The zero-order valence-corrected chi connectivity index (χ0v) is 13.4. The van der Waals surface area contributed by atoms with E-state index in [9.17, 15) is 9.90 Å². The van der Waals surface area contributed by atoms with Crippen molar-refractivity contribution < 1.29 is 19.4 Å². The van der Waals surface area contributed by atoms with Crippen molar-refractivity contribution in [2.24, 2.45) is 0 Å². The van der Waals surface area contributed by atoms with Crippen molar-refractivity contribution in [3.8, 4) is 5.75 Å². The van der Waals surface area contributed by atoms with Crippen LogP contribution in [-0.2, 0) is 4.74 Å². The number of carbonyl (C=O) groups excluding carboxylic acids is 1. The summed E-state index contributed by atoms with van der Waals surface area (Å²) in [6, 6.07) is 16.0. The van der Waals surface area contributed by atoms with Crippen molar-refractivity contribution in [2.75, 3.05) is 13.2 Å². The van der Waals surface area contributed by atoms with Crippen molar-refractivity contribution >= 4 is 5.78 Å². The molecule has 23 heavy (non-hydrogen) atoms. The fourth-order valence-electron chi connectivity index (χ4n) is 2.00. The summed E-state index contributed by atoms with van der Waals surface area (Å²) in [7, 11) is 0. The molecule has 1 N–H and O–H groups in total. The number of aliphatic hydroxyl groups excluding tert-OH is 1. The predicted octanol–water partition coefficient (Wildman–Crippen LogP) is 3.08. The van der Waals surface area contributed by atoms with Crippen LogP contribution >= 0.6 is 0 Å². The van der Waals surface area contributed by atoms with E-state index in [4.69, 9.17) is 9.47 Å². The zero-order chi connectivity index (χ0) is 16.7. The lowest BCUT2D eigenvalue weighted by Crippen LogP contribution is -2.25. The summed E-state index contributed by atoms with van der Waals surface area (Å²) in [5.74, 6) is 0.584. The first-order valence-electron chi connectivity index (χ1n) is 7.68. The summed E-state index contributed by atoms with van der Waals surface area (Å²) >= 11 is 0. The summed E-state index contributed by atoms with van der Waals surface area (Å²) in [5.41, 5.74) is 1.26. The van der Waals surface area contributed by atoms with Crippen LogP contribution in [0.2, 0.25) is 0 Å². The van der Waals surface area contributed by atoms with E-state index in [1.807, 2.05) is 32.0 Å². The Balaban J connectivity index is 1.88. The van der Waals surface area contributed by atoms with Gasteiger partial charge in [0.15, 0.2) is 5.78 Å². The highest BCUT2D eigenvalue weighted by atomic mass is 16.5. The fraction of sp³-hybridized carbons (Fsp3) is 0.316. The molecule has 122 valence electrons. The molecule has 4 nitrogen and oxygen atoms in total. The first-order valence-corrected chi connectivity index (χ1v) is 7.68. The van der Waals surface area contributed by atoms with Crippen LogP contribution < -0.4 is 4.74 Å². The maximum absolute atomic E-state index is 12.3. The van der Waals surface area contributed by atoms with Crippen molar-refractivity contribution in [2.45, 2.75) is 26.1 Å². The number of rotatable bonds is 8. The van der Waals surface area contributed by atoms with Gasteiger partial charge < -0.3 is 14.6 Å². The number of aliphatic hydroxyl groups is 1. The Labute approximate surface area is 136 Å². The van der Waals surface area contributed by atoms with E-state index < -0.39 is 6.10 Å². The average molecular weight is 314 g/mol. The molecule has 0 aliphatic heterocycles. The normalized spacial score (nSPS) is 12.2. The predicted molar refractivity (Wildman–Crippen MR) is 88.9 cm³/mol. The zero-order valence-electron chi connectivity index (χ0n) is 13.4. The van der Waals surface area contributed by atoms with Crippen LogP contribution in [0.1, 0.15) is 29.8 Å². The Morgan fingerprint density at radius 2 is 1.57 bits per heavy atom. The Bertz CT molecular complexity index is 605. The molecular weight excluding hydrogens is 292 g/mol. The molecule has 0 radical (unpaired) electrons. The van der Waals surface area contributed by atoms with Gasteiger partial charge in [0.05, 0.1) is 12.7 Å². The highest BCUT2D eigenvalue weighted by molar-refractivity contribution is 6.08. The quantitative estimate of drug-likeness (QED) is 0.761. The van der Waals surface area contributed by atoms with Crippen LogP contribution in [0.4, 0.5) is 0 Å². The average Bonchev–Trinajstić information content (AvgIpc) is 2.58. The highest BCUT2D eigenvalue weighted by Crippen LogP contribution is 2.15. The number of hydrogen-bond donors (Lipinski definition) is 1. The molecule has 0 bridgehead atoms. The van der Waals surface area contributed by atoms with E-state index in [1.165, 1.54) is 0 Å². The number of carbonyl (C=O) groups is 1. The van der Waals surface area contributed by atoms with Crippen LogP contribution in [0.15, 0.2) is 54.6 Å². The van der Waals surface area contributed by atoms with Crippen molar-refractivity contribution in [3.63, 3.8) is 0 Å². The molecule has 0 aliphatic carbocycles. The van der Waals surface area contributed by atoms with Crippen molar-refractivity contribution in [1.82, 2.24) is 0 Å². The van der Waals surface area contributed by atoms with Gasteiger partial charge in [0.1, 0.15) is 18.5 Å². The second kappa shape index (κ2) is 8.46. The van der Waals surface area contributed by atoms with Crippen LogP contribution in [0, 0.1) is 0 Å². The van der Waals surface area contributed by atoms with Gasteiger partial charge in [0, 0.05) is 11.1 Å². The third-order valence-corrected chi connectivity index (χ3v) is 3.22. The molecule has 0 saturated heterocycles. The molecule has 0 amide bonds. The third kappa shape index (κ3) is 5.51. The van der Waals surface area contributed by atoms with Gasteiger partial charge in [-0.2, -0.15) is 0 Å². The second-order valence-corrected chi connectivity index (χ2v) is 5.57. The molecule has 2 aromatic carbocycles. The van der Waals surface area contributed by atoms with Crippen LogP contribution in [0.3, 0.4) is 0 Å². The smallest absolute Gasteiger partial charge is 0.193 e. The molecule has 1 atom stereocenters. The summed E-state index contributed by atoms with van der Waals surface area (Å²) < 4.78 is 10.8. The van der Waals surface area contributed by atoms with Gasteiger partial charge in [-0.15, -0.1) is 0 Å². The van der Waals surface area contributed by atoms with Gasteiger partial charge in [0.25, 0.3) is 0 Å². The summed E-state index contributed by atoms with van der Waals surface area (Å²) in [6.45, 7) is 4.22. The Morgan fingerprint density at radius 3 is 2.17 bits per heavy atom. The SMILES string of the molecule is CC(C)OCC(O)COc1ccc(C(=O)c2ccccc2)cc1. The molecule has 0 aromatic heterocycles. The minimum Gasteiger partial charge on any atom is -0.491 e. The van der Waals surface area contributed by atoms with Crippen molar-refractivity contribution in [3.05, 3.63) is 65.7 Å². The topological polar surface area (TPSA) is 55.8 Å². The van der Waals surface area contributed by atoms with E-state index >= 15 is 0 Å². The molecule has 0 aliphatic rings. The number of hydrogen-bond acceptors (Lipinski definition) is 4. The van der Waals surface area contributed by atoms with E-state index in [-0.39, 0.29) is 25.1 Å². The van der Waals surface area contributed by atoms with Gasteiger partial charge in [0.2, 0.25) is 0 Å². The molecule has 0 fully saturated rings. The first-order chi connectivity index (χ1) is 11.1.